The maximum absolute atomic E-state index is 9.86. The molecule has 0 aliphatic carbocycles. The molecule has 0 saturated carbocycles. The topological polar surface area (TPSA) is 57.5 Å². The highest BCUT2D eigenvalue weighted by atomic mass is 24.3. The maximum atomic E-state index is 9.86. The Morgan fingerprint density at radius 1 is 1.67 bits per heavy atom. The Morgan fingerprint density at radius 3 is 2.22 bits per heavy atom. The molecule has 52 valence electrons. The zero-order chi connectivity index (χ0) is 6.57. The minimum atomic E-state index is -0.855. The summed E-state index contributed by atoms with van der Waals surface area (Å²) < 4.78 is 0. The van der Waals surface area contributed by atoms with Gasteiger partial charge >= 0.3 is 29.0 Å². The average Bonchev–Trinajstić information content (AvgIpc) is 1.65. The normalized spacial score (nSPS) is 11.8. The summed E-state index contributed by atoms with van der Waals surface area (Å²) in [6.07, 6.45) is 0.0521. The van der Waals surface area contributed by atoms with E-state index in [1.807, 2.05) is 0 Å². The van der Waals surface area contributed by atoms with Crippen molar-refractivity contribution in [2.45, 2.75) is 13.3 Å². The largest absolute Gasteiger partial charge is 0.481 e. The fraction of sp³-hybridized carbons (Fsp3) is 0.800. The first-order valence-corrected chi connectivity index (χ1v) is 2.49. The summed E-state index contributed by atoms with van der Waals surface area (Å²) in [4.78, 5) is 9.86. The highest BCUT2D eigenvalue weighted by Crippen LogP contribution is 1.97. The molecule has 4 heteroatoms. The minimum Gasteiger partial charge on any atom is -0.481 e. The van der Waals surface area contributed by atoms with Gasteiger partial charge < -0.3 is 10.2 Å². The van der Waals surface area contributed by atoms with Crippen LogP contribution < -0.4 is 0 Å². The van der Waals surface area contributed by atoms with Crippen molar-refractivity contribution in [1.29, 1.82) is 0 Å². The zero-order valence-corrected chi connectivity index (χ0v) is 4.79. The molecule has 0 aromatic heterocycles. The molecule has 0 amide bonds. The molecule has 0 bridgehead atoms. The standard InChI is InChI=1S/C5H10O3.Mg.2H/c1-4(3-6)2-5(7)8;;;/h4,6H,2-3H2,1H3,(H,7,8);;;. The third kappa shape index (κ3) is 8.20. The van der Waals surface area contributed by atoms with E-state index < -0.39 is 5.97 Å². The van der Waals surface area contributed by atoms with Gasteiger partial charge in [0.05, 0.1) is 6.42 Å². The molecule has 0 aliphatic rings. The van der Waals surface area contributed by atoms with Crippen LogP contribution >= 0.6 is 0 Å². The van der Waals surface area contributed by atoms with E-state index in [2.05, 4.69) is 0 Å². The van der Waals surface area contributed by atoms with Crippen LogP contribution in [0.4, 0.5) is 0 Å². The van der Waals surface area contributed by atoms with Gasteiger partial charge in [-0.05, 0) is 5.92 Å². The Balaban J connectivity index is 0. The van der Waals surface area contributed by atoms with Gasteiger partial charge in [0.2, 0.25) is 0 Å². The SMILES string of the molecule is CC(CO)CC(=O)O.[MgH2]. The second-order valence-electron chi connectivity index (χ2n) is 1.89. The molecule has 0 rings (SSSR count). The van der Waals surface area contributed by atoms with Crippen LogP contribution in [0.5, 0.6) is 0 Å². The predicted molar refractivity (Wildman–Crippen MR) is 37.0 cm³/mol. The summed E-state index contributed by atoms with van der Waals surface area (Å²) in [6, 6.07) is 0. The van der Waals surface area contributed by atoms with E-state index in [1.165, 1.54) is 0 Å². The van der Waals surface area contributed by atoms with Crippen LogP contribution in [-0.4, -0.2) is 45.8 Å². The van der Waals surface area contributed by atoms with Gasteiger partial charge in [-0.1, -0.05) is 6.92 Å². The lowest BCUT2D eigenvalue weighted by Gasteiger charge is -2.00. The van der Waals surface area contributed by atoms with Gasteiger partial charge in [-0.15, -0.1) is 0 Å². The molecule has 0 aromatic rings. The van der Waals surface area contributed by atoms with Gasteiger partial charge in [0, 0.05) is 6.61 Å². The van der Waals surface area contributed by atoms with Crippen molar-refractivity contribution in [3.05, 3.63) is 0 Å². The van der Waals surface area contributed by atoms with Crippen molar-refractivity contribution in [2.75, 3.05) is 6.61 Å². The van der Waals surface area contributed by atoms with E-state index in [9.17, 15) is 4.79 Å². The highest BCUT2D eigenvalue weighted by molar-refractivity contribution is 5.75. The van der Waals surface area contributed by atoms with Crippen LogP contribution in [0.15, 0.2) is 0 Å². The van der Waals surface area contributed by atoms with Crippen molar-refractivity contribution >= 4 is 29.0 Å². The number of aliphatic hydroxyl groups excluding tert-OH is 1. The first-order chi connectivity index (χ1) is 3.66. The summed E-state index contributed by atoms with van der Waals surface area (Å²) in [6.45, 7) is 1.64. The van der Waals surface area contributed by atoms with Crippen molar-refractivity contribution in [3.8, 4) is 0 Å². The van der Waals surface area contributed by atoms with E-state index in [4.69, 9.17) is 10.2 Å². The molecule has 0 saturated heterocycles. The molecule has 0 radical (unpaired) electrons. The number of rotatable bonds is 3. The number of carbonyl (C=O) groups is 1. The Hall–Kier alpha value is 0.196. The van der Waals surface area contributed by atoms with Gasteiger partial charge in [0.1, 0.15) is 0 Å². The Bertz CT molecular complexity index is 84.3. The first-order valence-electron chi connectivity index (χ1n) is 2.49. The molecular weight excluding hydrogens is 132 g/mol. The number of aliphatic hydroxyl groups is 1. The Labute approximate surface area is 70.2 Å². The Morgan fingerprint density at radius 2 is 2.11 bits per heavy atom. The van der Waals surface area contributed by atoms with Crippen LogP contribution in [0.1, 0.15) is 13.3 Å². The Kier molecular flexibility index (Phi) is 8.37. The number of carboxylic acid groups (broad SMARTS) is 1. The third-order valence-corrected chi connectivity index (χ3v) is 0.835. The monoisotopic (exact) mass is 144 g/mol. The highest BCUT2D eigenvalue weighted by Gasteiger charge is 2.03. The lowest BCUT2D eigenvalue weighted by atomic mass is 10.1. The molecule has 0 spiro atoms. The van der Waals surface area contributed by atoms with E-state index in [0.717, 1.165) is 0 Å². The molecular formula is C5H12MgO3. The number of carboxylic acids is 1. The molecule has 0 aliphatic heterocycles. The number of hydrogen-bond donors (Lipinski definition) is 2. The van der Waals surface area contributed by atoms with Gasteiger partial charge in [-0.3, -0.25) is 4.79 Å². The van der Waals surface area contributed by atoms with Crippen molar-refractivity contribution in [2.24, 2.45) is 5.92 Å². The molecule has 3 nitrogen and oxygen atoms in total. The molecule has 2 N–H and O–H groups in total. The summed E-state index contributed by atoms with van der Waals surface area (Å²) >= 11 is 0. The minimum absolute atomic E-state index is 0. The fourth-order valence-electron chi connectivity index (χ4n) is 0.363. The molecule has 0 heterocycles. The van der Waals surface area contributed by atoms with Crippen LogP contribution in [0, 0.1) is 5.92 Å². The van der Waals surface area contributed by atoms with E-state index in [1.54, 1.807) is 6.92 Å². The van der Waals surface area contributed by atoms with E-state index in [0.29, 0.717) is 0 Å². The molecule has 9 heavy (non-hydrogen) atoms. The second-order valence-corrected chi connectivity index (χ2v) is 1.89. The van der Waals surface area contributed by atoms with Crippen LogP contribution in [0.2, 0.25) is 0 Å². The summed E-state index contributed by atoms with van der Waals surface area (Å²) in [5, 5.41) is 16.4. The number of aliphatic carboxylic acids is 1. The van der Waals surface area contributed by atoms with Crippen LogP contribution in [-0.2, 0) is 4.79 Å². The zero-order valence-electron chi connectivity index (χ0n) is 4.79. The van der Waals surface area contributed by atoms with Gasteiger partial charge in [0.25, 0.3) is 0 Å². The van der Waals surface area contributed by atoms with Gasteiger partial charge in [-0.25, -0.2) is 0 Å². The maximum Gasteiger partial charge on any atom is 0.316 e. The van der Waals surface area contributed by atoms with Crippen LogP contribution in [0.3, 0.4) is 0 Å². The predicted octanol–water partition coefficient (Wildman–Crippen LogP) is -0.827. The molecule has 1 atom stereocenters. The van der Waals surface area contributed by atoms with Crippen LogP contribution in [0.25, 0.3) is 0 Å². The molecule has 1 unspecified atom stereocenters. The quantitative estimate of drug-likeness (QED) is 0.509. The van der Waals surface area contributed by atoms with Crippen molar-refractivity contribution < 1.29 is 15.0 Å². The molecule has 0 fully saturated rings. The van der Waals surface area contributed by atoms with E-state index in [-0.39, 0.29) is 42.0 Å². The fourth-order valence-corrected chi connectivity index (χ4v) is 0.363. The lowest BCUT2D eigenvalue weighted by Crippen LogP contribution is -2.07. The average molecular weight is 144 g/mol. The van der Waals surface area contributed by atoms with Crippen molar-refractivity contribution in [1.82, 2.24) is 0 Å². The third-order valence-electron chi connectivity index (χ3n) is 0.835. The summed E-state index contributed by atoms with van der Waals surface area (Å²) in [7, 11) is 0. The van der Waals surface area contributed by atoms with Crippen molar-refractivity contribution in [3.63, 3.8) is 0 Å². The lowest BCUT2D eigenvalue weighted by molar-refractivity contribution is -0.138. The first kappa shape index (κ1) is 11.9. The smallest absolute Gasteiger partial charge is 0.316 e. The second kappa shape index (κ2) is 6.32. The summed E-state index contributed by atoms with van der Waals surface area (Å²) in [5.74, 6) is -0.973. The van der Waals surface area contributed by atoms with Gasteiger partial charge in [-0.2, -0.15) is 0 Å². The summed E-state index contributed by atoms with van der Waals surface area (Å²) in [5.41, 5.74) is 0. The van der Waals surface area contributed by atoms with Gasteiger partial charge in [0.15, 0.2) is 0 Å². The molecule has 0 aromatic carbocycles. The van der Waals surface area contributed by atoms with E-state index >= 15 is 0 Å². The number of hydrogen-bond acceptors (Lipinski definition) is 2.